The molecule has 154 valence electrons. The Bertz CT molecular complexity index is 584. The Morgan fingerprint density at radius 2 is 1.41 bits per heavy atom. The van der Waals surface area contributed by atoms with E-state index >= 15 is 0 Å². The largest absolute Gasteiger partial charge is 0.473 e. The van der Waals surface area contributed by atoms with Gasteiger partial charge in [-0.05, 0) is 64.6 Å². The third-order valence-corrected chi connectivity index (χ3v) is 5.58. The number of unbranched alkanes of at least 4 members (excludes halogenated alkanes) is 2. The summed E-state index contributed by atoms with van der Waals surface area (Å²) in [6, 6.07) is 0. The number of carboxylic acids is 2. The summed E-state index contributed by atoms with van der Waals surface area (Å²) < 4.78 is 0. The van der Waals surface area contributed by atoms with Gasteiger partial charge in [0.15, 0.2) is 0 Å². The van der Waals surface area contributed by atoms with E-state index < -0.39 is 11.9 Å². The molecular formula is C20H34N2O5. The Kier molecular flexibility index (Phi) is 10.6. The van der Waals surface area contributed by atoms with E-state index in [4.69, 9.17) is 25.5 Å². The van der Waals surface area contributed by atoms with E-state index in [1.807, 2.05) is 0 Å². The van der Waals surface area contributed by atoms with Crippen molar-refractivity contribution >= 4 is 17.8 Å². The maximum absolute atomic E-state index is 11.8. The first-order valence-electron chi connectivity index (χ1n) is 9.28. The number of carboxylic acid groups (broad SMARTS) is 2. The van der Waals surface area contributed by atoms with Crippen molar-refractivity contribution in [3.05, 3.63) is 22.3 Å². The van der Waals surface area contributed by atoms with Crippen LogP contribution < -0.4 is 11.1 Å². The van der Waals surface area contributed by atoms with E-state index in [9.17, 15) is 4.79 Å². The second-order valence-corrected chi connectivity index (χ2v) is 7.14. The molecule has 0 bridgehead atoms. The van der Waals surface area contributed by atoms with E-state index in [0.29, 0.717) is 6.42 Å². The van der Waals surface area contributed by atoms with Crippen LogP contribution in [0.4, 0.5) is 0 Å². The van der Waals surface area contributed by atoms with Gasteiger partial charge in [0, 0.05) is 18.4 Å². The quantitative estimate of drug-likeness (QED) is 0.377. The second-order valence-electron chi connectivity index (χ2n) is 7.14. The van der Waals surface area contributed by atoms with Crippen LogP contribution in [0.2, 0.25) is 0 Å². The lowest BCUT2D eigenvalue weighted by Gasteiger charge is -2.29. The predicted octanol–water partition coefficient (Wildman–Crippen LogP) is 2.86. The van der Waals surface area contributed by atoms with E-state index in [2.05, 4.69) is 39.9 Å². The van der Waals surface area contributed by atoms with E-state index in [-0.39, 0.29) is 11.3 Å². The summed E-state index contributed by atoms with van der Waals surface area (Å²) in [4.78, 5) is 30.0. The minimum absolute atomic E-state index is 0.112. The number of allylic oxidation sites excluding steroid dienone is 4. The van der Waals surface area contributed by atoms with Gasteiger partial charge < -0.3 is 21.3 Å². The van der Waals surface area contributed by atoms with Gasteiger partial charge in [-0.15, -0.1) is 0 Å². The normalized spacial score (nSPS) is 15.3. The standard InChI is InChI=1S/C18H32N2O.C2H2O4/c1-13-14(2)16(4)18(5,15(13)3)10-12-20-17(21)9-7-6-8-11-19;3-1(4)2(5)6/h6-12,19H2,1-5H3,(H,20,21);(H,3,4)(H,5,6). The fourth-order valence-electron chi connectivity index (χ4n) is 3.19. The molecule has 0 aliphatic heterocycles. The van der Waals surface area contributed by atoms with Crippen molar-refractivity contribution in [1.82, 2.24) is 5.32 Å². The molecule has 5 N–H and O–H groups in total. The highest BCUT2D eigenvalue weighted by molar-refractivity contribution is 6.27. The molecule has 0 heterocycles. The lowest BCUT2D eigenvalue weighted by molar-refractivity contribution is -0.159. The van der Waals surface area contributed by atoms with Crippen LogP contribution in [0.5, 0.6) is 0 Å². The SMILES string of the molecule is CC1=C(C)C(C)(CCNC(=O)CCCCCN)C(C)=C1C.O=C(O)C(=O)O. The molecule has 0 unspecified atom stereocenters. The third-order valence-electron chi connectivity index (χ3n) is 5.58. The number of carbonyl (C=O) groups is 3. The van der Waals surface area contributed by atoms with Gasteiger partial charge >= 0.3 is 11.9 Å². The Hall–Kier alpha value is -2.15. The fourth-order valence-corrected chi connectivity index (χ4v) is 3.19. The maximum atomic E-state index is 11.8. The van der Waals surface area contributed by atoms with Crippen LogP contribution in [0.15, 0.2) is 22.3 Å². The van der Waals surface area contributed by atoms with Crippen LogP contribution in [0.1, 0.15) is 66.7 Å². The summed E-state index contributed by atoms with van der Waals surface area (Å²) in [5.41, 5.74) is 11.3. The number of aliphatic carboxylic acids is 2. The van der Waals surface area contributed by atoms with Crippen molar-refractivity contribution in [2.75, 3.05) is 13.1 Å². The number of hydrogen-bond acceptors (Lipinski definition) is 4. The highest BCUT2D eigenvalue weighted by Crippen LogP contribution is 2.48. The van der Waals surface area contributed by atoms with Crippen molar-refractivity contribution in [2.45, 2.75) is 66.7 Å². The van der Waals surface area contributed by atoms with Crippen molar-refractivity contribution in [2.24, 2.45) is 11.1 Å². The molecule has 7 heteroatoms. The smallest absolute Gasteiger partial charge is 0.414 e. The number of carbonyl (C=O) groups excluding carboxylic acids is 1. The Labute approximate surface area is 161 Å². The molecule has 0 fully saturated rings. The zero-order chi connectivity index (χ0) is 21.2. The van der Waals surface area contributed by atoms with Gasteiger partial charge in [0.1, 0.15) is 0 Å². The van der Waals surface area contributed by atoms with Gasteiger partial charge in [0.05, 0.1) is 0 Å². The van der Waals surface area contributed by atoms with Crippen molar-refractivity contribution in [3.8, 4) is 0 Å². The molecule has 0 aromatic heterocycles. The van der Waals surface area contributed by atoms with Gasteiger partial charge in [0.2, 0.25) is 5.91 Å². The van der Waals surface area contributed by atoms with Crippen LogP contribution in [-0.4, -0.2) is 41.1 Å². The minimum atomic E-state index is -1.82. The van der Waals surface area contributed by atoms with Crippen molar-refractivity contribution in [1.29, 1.82) is 0 Å². The monoisotopic (exact) mass is 382 g/mol. The van der Waals surface area contributed by atoms with Gasteiger partial charge in [-0.25, -0.2) is 9.59 Å². The average molecular weight is 383 g/mol. The fraction of sp³-hybridized carbons (Fsp3) is 0.650. The molecule has 1 aliphatic rings. The number of rotatable bonds is 8. The molecule has 7 nitrogen and oxygen atoms in total. The second kappa shape index (κ2) is 11.5. The molecule has 0 saturated heterocycles. The highest BCUT2D eigenvalue weighted by Gasteiger charge is 2.35. The predicted molar refractivity (Wildman–Crippen MR) is 105 cm³/mol. The van der Waals surface area contributed by atoms with Crippen LogP contribution in [0.25, 0.3) is 0 Å². The summed E-state index contributed by atoms with van der Waals surface area (Å²) in [5.74, 6) is -3.48. The summed E-state index contributed by atoms with van der Waals surface area (Å²) in [6.07, 6.45) is 4.60. The lowest BCUT2D eigenvalue weighted by atomic mass is 9.76. The molecule has 0 radical (unpaired) electrons. The lowest BCUT2D eigenvalue weighted by Crippen LogP contribution is -2.29. The Balaban J connectivity index is 0.000000972. The molecule has 1 aliphatic carbocycles. The Morgan fingerprint density at radius 1 is 0.926 bits per heavy atom. The molecule has 27 heavy (non-hydrogen) atoms. The zero-order valence-electron chi connectivity index (χ0n) is 17.1. The van der Waals surface area contributed by atoms with Gasteiger partial charge in [-0.1, -0.05) is 24.5 Å². The Morgan fingerprint density at radius 3 is 1.81 bits per heavy atom. The summed E-state index contributed by atoms with van der Waals surface area (Å²) >= 11 is 0. The average Bonchev–Trinajstić information content (AvgIpc) is 2.75. The minimum Gasteiger partial charge on any atom is -0.473 e. The van der Waals surface area contributed by atoms with E-state index in [1.54, 1.807) is 0 Å². The number of nitrogens with two attached hydrogens (primary N) is 1. The first kappa shape index (κ1) is 24.8. The molecule has 0 saturated carbocycles. The molecule has 0 aromatic carbocycles. The van der Waals surface area contributed by atoms with Crippen LogP contribution in [0.3, 0.4) is 0 Å². The third kappa shape index (κ3) is 7.54. The van der Waals surface area contributed by atoms with E-state index in [0.717, 1.165) is 38.8 Å². The van der Waals surface area contributed by atoms with E-state index in [1.165, 1.54) is 22.3 Å². The van der Waals surface area contributed by atoms with Crippen LogP contribution in [0, 0.1) is 5.41 Å². The number of hydrogen-bond donors (Lipinski definition) is 4. The molecule has 1 rings (SSSR count). The number of nitrogens with one attached hydrogen (secondary N) is 1. The first-order valence-corrected chi connectivity index (χ1v) is 9.28. The number of amides is 1. The highest BCUT2D eigenvalue weighted by atomic mass is 16.4. The van der Waals surface area contributed by atoms with Crippen molar-refractivity contribution in [3.63, 3.8) is 0 Å². The van der Waals surface area contributed by atoms with Crippen LogP contribution >= 0.6 is 0 Å². The van der Waals surface area contributed by atoms with Crippen LogP contribution in [-0.2, 0) is 14.4 Å². The zero-order valence-corrected chi connectivity index (χ0v) is 17.1. The molecular weight excluding hydrogens is 348 g/mol. The molecule has 0 atom stereocenters. The molecule has 1 amide bonds. The topological polar surface area (TPSA) is 130 Å². The molecule has 0 aromatic rings. The first-order chi connectivity index (χ1) is 12.5. The van der Waals surface area contributed by atoms with Gasteiger partial charge in [0.25, 0.3) is 0 Å². The summed E-state index contributed by atoms with van der Waals surface area (Å²) in [6.45, 7) is 12.6. The van der Waals surface area contributed by atoms with Gasteiger partial charge in [-0.3, -0.25) is 4.79 Å². The summed E-state index contributed by atoms with van der Waals surface area (Å²) in [5, 5.41) is 17.8. The van der Waals surface area contributed by atoms with Crippen molar-refractivity contribution < 1.29 is 24.6 Å². The van der Waals surface area contributed by atoms with Gasteiger partial charge in [-0.2, -0.15) is 0 Å². The summed E-state index contributed by atoms with van der Waals surface area (Å²) in [7, 11) is 0. The maximum Gasteiger partial charge on any atom is 0.414 e. The molecule has 0 spiro atoms.